The first-order valence-electron chi connectivity index (χ1n) is 9.79. The second-order valence-corrected chi connectivity index (χ2v) is 7.21. The van der Waals surface area contributed by atoms with Gasteiger partial charge in [0.2, 0.25) is 0 Å². The summed E-state index contributed by atoms with van der Waals surface area (Å²) in [5.41, 5.74) is 18.0. The molecule has 2 aromatic carbocycles. The largest absolute Gasteiger partial charge is 0.454 e. The number of nitriles is 1. The van der Waals surface area contributed by atoms with Gasteiger partial charge in [0, 0.05) is 12.6 Å². The molecule has 0 spiro atoms. The van der Waals surface area contributed by atoms with E-state index in [0.29, 0.717) is 24.7 Å². The van der Waals surface area contributed by atoms with Gasteiger partial charge in [-0.25, -0.2) is 8.78 Å². The third-order valence-corrected chi connectivity index (χ3v) is 4.92. The molecule has 10 heteroatoms. The van der Waals surface area contributed by atoms with Crippen molar-refractivity contribution in [2.45, 2.75) is 18.9 Å². The molecule has 0 saturated carbocycles. The maximum Gasteiger partial charge on any atom is 0.254 e. The van der Waals surface area contributed by atoms with Crippen molar-refractivity contribution in [1.82, 2.24) is 4.90 Å². The number of piperidine rings is 1. The molecule has 1 fully saturated rings. The number of likely N-dealkylation sites (tertiary alicyclic amines) is 1. The number of halogens is 2. The topological polar surface area (TPSA) is 144 Å². The predicted octanol–water partition coefficient (Wildman–Crippen LogP) is 2.21. The first-order chi connectivity index (χ1) is 15.3. The van der Waals surface area contributed by atoms with Crippen molar-refractivity contribution >= 4 is 17.4 Å². The minimum absolute atomic E-state index is 0.0196. The highest BCUT2D eigenvalue weighted by atomic mass is 19.1. The summed E-state index contributed by atoms with van der Waals surface area (Å²) in [4.78, 5) is 18.0. The number of rotatable bonds is 6. The average Bonchev–Trinajstić information content (AvgIpc) is 2.76. The Morgan fingerprint density at radius 1 is 1.16 bits per heavy atom. The monoisotopic (exact) mass is 440 g/mol. The number of primary amides is 1. The lowest BCUT2D eigenvalue weighted by Gasteiger charge is -2.26. The summed E-state index contributed by atoms with van der Waals surface area (Å²) in [6.45, 7) is 1.05. The molecule has 166 valence electrons. The molecule has 1 atom stereocenters. The van der Waals surface area contributed by atoms with Crippen LogP contribution in [0.25, 0.3) is 5.70 Å². The SMILES string of the molecule is N#CN1CCCC(N=C(N)C(C(N)=O)=C(N)c2ccc(Oc3ccc(F)cc3F)cc2)C1. The minimum atomic E-state index is -0.842. The van der Waals surface area contributed by atoms with Gasteiger partial charge < -0.3 is 26.8 Å². The number of amides is 1. The highest BCUT2D eigenvalue weighted by molar-refractivity contribution is 6.24. The molecule has 1 amide bonds. The maximum atomic E-state index is 13.8. The van der Waals surface area contributed by atoms with Gasteiger partial charge >= 0.3 is 0 Å². The zero-order valence-electron chi connectivity index (χ0n) is 17.1. The second-order valence-electron chi connectivity index (χ2n) is 7.21. The zero-order chi connectivity index (χ0) is 23.3. The van der Waals surface area contributed by atoms with Crippen molar-refractivity contribution in [2.24, 2.45) is 22.2 Å². The van der Waals surface area contributed by atoms with Gasteiger partial charge in [-0.05, 0) is 54.8 Å². The fourth-order valence-electron chi connectivity index (χ4n) is 3.34. The summed E-state index contributed by atoms with van der Waals surface area (Å²) in [6, 6.07) is 8.80. The van der Waals surface area contributed by atoms with Crippen molar-refractivity contribution < 1.29 is 18.3 Å². The lowest BCUT2D eigenvalue weighted by molar-refractivity contribution is -0.114. The van der Waals surface area contributed by atoms with Gasteiger partial charge in [-0.1, -0.05) is 0 Å². The van der Waals surface area contributed by atoms with Gasteiger partial charge in [-0.3, -0.25) is 9.79 Å². The zero-order valence-corrected chi connectivity index (χ0v) is 17.1. The Labute approximate surface area is 183 Å². The summed E-state index contributed by atoms with van der Waals surface area (Å²) in [5, 5.41) is 9.07. The van der Waals surface area contributed by atoms with Crippen LogP contribution in [0.3, 0.4) is 0 Å². The predicted molar refractivity (Wildman–Crippen MR) is 115 cm³/mol. The summed E-state index contributed by atoms with van der Waals surface area (Å²) in [7, 11) is 0. The molecule has 0 bridgehead atoms. The Morgan fingerprint density at radius 2 is 1.88 bits per heavy atom. The van der Waals surface area contributed by atoms with Crippen LogP contribution in [0.5, 0.6) is 11.5 Å². The van der Waals surface area contributed by atoms with E-state index in [4.69, 9.17) is 27.2 Å². The summed E-state index contributed by atoms with van der Waals surface area (Å²) in [6.07, 6.45) is 3.57. The first kappa shape index (κ1) is 22.6. The minimum Gasteiger partial charge on any atom is -0.454 e. The molecule has 6 N–H and O–H groups in total. The van der Waals surface area contributed by atoms with E-state index in [1.807, 2.05) is 0 Å². The van der Waals surface area contributed by atoms with Crippen LogP contribution < -0.4 is 21.9 Å². The number of nitrogens with zero attached hydrogens (tertiary/aromatic N) is 3. The summed E-state index contributed by atoms with van der Waals surface area (Å²) >= 11 is 0. The van der Waals surface area contributed by atoms with E-state index in [2.05, 4.69) is 11.2 Å². The number of aliphatic imine (C=N–C) groups is 1. The van der Waals surface area contributed by atoms with Crippen LogP contribution in [0.4, 0.5) is 8.78 Å². The van der Waals surface area contributed by atoms with E-state index in [1.54, 1.807) is 17.0 Å². The number of ether oxygens (including phenoxy) is 1. The molecule has 1 unspecified atom stereocenters. The third kappa shape index (κ3) is 5.31. The highest BCUT2D eigenvalue weighted by Gasteiger charge is 2.22. The summed E-state index contributed by atoms with van der Waals surface area (Å²) in [5.74, 6) is -2.37. The molecule has 3 rings (SSSR count). The molecular weight excluding hydrogens is 418 g/mol. The number of carbonyl (C=O) groups excluding carboxylic acids is 1. The Hall–Kier alpha value is -4.13. The molecule has 0 radical (unpaired) electrons. The van der Waals surface area contributed by atoms with Crippen LogP contribution >= 0.6 is 0 Å². The van der Waals surface area contributed by atoms with Gasteiger partial charge in [0.1, 0.15) is 23.0 Å². The molecule has 1 aliphatic heterocycles. The van der Waals surface area contributed by atoms with Gasteiger partial charge in [-0.2, -0.15) is 5.26 Å². The molecule has 2 aromatic rings. The normalized spacial score (nSPS) is 17.3. The van der Waals surface area contributed by atoms with Gasteiger partial charge in [0.25, 0.3) is 5.91 Å². The van der Waals surface area contributed by atoms with E-state index >= 15 is 0 Å². The number of nitrogens with two attached hydrogens (primary N) is 3. The van der Waals surface area contributed by atoms with Crippen molar-refractivity contribution in [3.05, 3.63) is 65.2 Å². The fourth-order valence-corrected chi connectivity index (χ4v) is 3.34. The molecule has 1 saturated heterocycles. The van der Waals surface area contributed by atoms with E-state index in [-0.39, 0.29) is 34.6 Å². The van der Waals surface area contributed by atoms with Crippen LogP contribution in [0.1, 0.15) is 18.4 Å². The number of hydrogen-bond acceptors (Lipinski definition) is 6. The van der Waals surface area contributed by atoms with Crippen molar-refractivity contribution in [2.75, 3.05) is 13.1 Å². The molecule has 1 aliphatic rings. The molecule has 0 aromatic heterocycles. The van der Waals surface area contributed by atoms with E-state index in [9.17, 15) is 13.6 Å². The Bertz CT molecular complexity index is 1110. The summed E-state index contributed by atoms with van der Waals surface area (Å²) < 4.78 is 32.2. The second kappa shape index (κ2) is 9.78. The van der Waals surface area contributed by atoms with Gasteiger partial charge in [0.15, 0.2) is 17.8 Å². The fraction of sp³-hybridized carbons (Fsp3) is 0.227. The van der Waals surface area contributed by atoms with E-state index < -0.39 is 17.5 Å². The standard InChI is InChI=1S/C22H22F2N6O2/c23-14-5-8-18(17(24)10-14)32-16-6-3-13(4-7-16)20(26)19(22(28)31)21(27)29-15-2-1-9-30(11-15)12-25/h3-8,10,15H,1-2,9,11,26H2,(H2,27,29)(H2,28,31). The lowest BCUT2D eigenvalue weighted by atomic mass is 10.0. The third-order valence-electron chi connectivity index (χ3n) is 4.92. The lowest BCUT2D eigenvalue weighted by Crippen LogP contribution is -2.37. The smallest absolute Gasteiger partial charge is 0.254 e. The number of amidine groups is 1. The maximum absolute atomic E-state index is 13.8. The number of carbonyl (C=O) groups is 1. The number of benzene rings is 2. The van der Waals surface area contributed by atoms with E-state index in [1.165, 1.54) is 18.2 Å². The Balaban J connectivity index is 1.83. The quantitative estimate of drug-likeness (QED) is 0.272. The van der Waals surface area contributed by atoms with Crippen molar-refractivity contribution in [3.8, 4) is 17.7 Å². The molecule has 1 heterocycles. The van der Waals surface area contributed by atoms with Crippen molar-refractivity contribution in [3.63, 3.8) is 0 Å². The number of hydrogen-bond donors (Lipinski definition) is 3. The van der Waals surface area contributed by atoms with Crippen LogP contribution in [0.2, 0.25) is 0 Å². The van der Waals surface area contributed by atoms with Crippen LogP contribution in [0, 0.1) is 23.1 Å². The highest BCUT2D eigenvalue weighted by Crippen LogP contribution is 2.26. The van der Waals surface area contributed by atoms with E-state index in [0.717, 1.165) is 18.9 Å². The van der Waals surface area contributed by atoms with Gasteiger partial charge in [-0.15, -0.1) is 0 Å². The van der Waals surface area contributed by atoms with Crippen LogP contribution in [0.15, 0.2) is 53.0 Å². The molecule has 0 aliphatic carbocycles. The molecular formula is C22H22F2N6O2. The van der Waals surface area contributed by atoms with Crippen LogP contribution in [-0.4, -0.2) is 35.8 Å². The Kier molecular flexibility index (Phi) is 6.90. The van der Waals surface area contributed by atoms with Gasteiger partial charge in [0.05, 0.1) is 18.3 Å². The molecule has 8 nitrogen and oxygen atoms in total. The first-order valence-corrected chi connectivity index (χ1v) is 9.79. The Morgan fingerprint density at radius 3 is 2.50 bits per heavy atom. The van der Waals surface area contributed by atoms with Crippen LogP contribution in [-0.2, 0) is 4.79 Å². The average molecular weight is 440 g/mol. The van der Waals surface area contributed by atoms with Crippen molar-refractivity contribution in [1.29, 1.82) is 5.26 Å². The molecule has 32 heavy (non-hydrogen) atoms.